The average Bonchev–Trinajstić information content (AvgIpc) is 2.33. The average molecular weight is 233 g/mol. The minimum Gasteiger partial charge on any atom is -0.490 e. The fraction of sp³-hybridized carbons (Fsp3) is 0.462. The van der Waals surface area contributed by atoms with Crippen LogP contribution in [0.1, 0.15) is 18.4 Å². The number of benzene rings is 1. The molecule has 0 aromatic heterocycles. The maximum Gasteiger partial charge on any atom is 0.122 e. The Labute approximate surface area is 102 Å². The van der Waals surface area contributed by atoms with Gasteiger partial charge in [0, 0.05) is 18.7 Å². The van der Waals surface area contributed by atoms with Crippen molar-refractivity contribution in [1.29, 1.82) is 5.41 Å². The summed E-state index contributed by atoms with van der Waals surface area (Å²) in [5, 5.41) is 7.31. The topological polar surface area (TPSA) is 62.3 Å². The third-order valence-electron chi connectivity index (χ3n) is 3.13. The highest BCUT2D eigenvalue weighted by Crippen LogP contribution is 2.18. The lowest BCUT2D eigenvalue weighted by molar-refractivity contribution is 0.114. The van der Waals surface area contributed by atoms with Crippen molar-refractivity contribution >= 4 is 5.84 Å². The highest BCUT2D eigenvalue weighted by atomic mass is 16.5. The molecule has 0 atom stereocenters. The number of hydrogen-bond acceptors (Lipinski definition) is 3. The van der Waals surface area contributed by atoms with E-state index in [-0.39, 0.29) is 5.84 Å². The highest BCUT2D eigenvalue weighted by molar-refractivity contribution is 5.94. The van der Waals surface area contributed by atoms with Gasteiger partial charge < -0.3 is 15.4 Å². The Hall–Kier alpha value is -1.55. The van der Waals surface area contributed by atoms with E-state index in [4.69, 9.17) is 15.9 Å². The number of nitrogen functional groups attached to an aromatic ring is 1. The molecular formula is C13H19N3O. The summed E-state index contributed by atoms with van der Waals surface area (Å²) in [6.07, 6.45) is 2.46. The maximum atomic E-state index is 7.31. The number of nitrogens with zero attached hydrogens (tertiary/aromatic N) is 1. The summed E-state index contributed by atoms with van der Waals surface area (Å²) < 4.78 is 5.90. The van der Waals surface area contributed by atoms with E-state index in [1.54, 1.807) is 0 Å². The molecule has 17 heavy (non-hydrogen) atoms. The first-order chi connectivity index (χ1) is 8.15. The second-order valence-electron chi connectivity index (χ2n) is 4.56. The van der Waals surface area contributed by atoms with Crippen LogP contribution in [0.15, 0.2) is 24.3 Å². The first kappa shape index (κ1) is 11.9. The smallest absolute Gasteiger partial charge is 0.122 e. The second-order valence-corrected chi connectivity index (χ2v) is 4.56. The number of piperidine rings is 1. The van der Waals surface area contributed by atoms with E-state index >= 15 is 0 Å². The van der Waals surface area contributed by atoms with Crippen LogP contribution in [0.2, 0.25) is 0 Å². The Kier molecular flexibility index (Phi) is 3.64. The van der Waals surface area contributed by atoms with Crippen LogP contribution in [0.25, 0.3) is 0 Å². The van der Waals surface area contributed by atoms with Crippen LogP contribution in [-0.2, 0) is 0 Å². The molecule has 1 aromatic rings. The van der Waals surface area contributed by atoms with Crippen molar-refractivity contribution in [2.75, 3.05) is 20.1 Å². The van der Waals surface area contributed by atoms with Gasteiger partial charge in [0.2, 0.25) is 0 Å². The molecule has 1 aliphatic rings. The molecule has 4 heteroatoms. The van der Waals surface area contributed by atoms with Crippen molar-refractivity contribution in [3.05, 3.63) is 29.8 Å². The zero-order valence-corrected chi connectivity index (χ0v) is 10.1. The summed E-state index contributed by atoms with van der Waals surface area (Å²) in [4.78, 5) is 2.32. The summed E-state index contributed by atoms with van der Waals surface area (Å²) in [6.45, 7) is 2.19. The van der Waals surface area contributed by atoms with Crippen molar-refractivity contribution in [3.63, 3.8) is 0 Å². The van der Waals surface area contributed by atoms with Gasteiger partial charge in [-0.25, -0.2) is 0 Å². The van der Waals surface area contributed by atoms with Gasteiger partial charge in [0.15, 0.2) is 0 Å². The molecule has 0 spiro atoms. The molecule has 0 amide bonds. The van der Waals surface area contributed by atoms with Gasteiger partial charge in [-0.2, -0.15) is 0 Å². The summed E-state index contributed by atoms with van der Waals surface area (Å²) in [7, 11) is 2.14. The quantitative estimate of drug-likeness (QED) is 0.613. The normalized spacial score (nSPS) is 17.9. The predicted octanol–water partition coefficient (Wildman–Crippen LogP) is 1.44. The van der Waals surface area contributed by atoms with Crippen LogP contribution in [-0.4, -0.2) is 37.0 Å². The fourth-order valence-electron chi connectivity index (χ4n) is 2.01. The minimum atomic E-state index is 0.0934. The van der Waals surface area contributed by atoms with E-state index in [2.05, 4.69) is 11.9 Å². The minimum absolute atomic E-state index is 0.0934. The summed E-state index contributed by atoms with van der Waals surface area (Å²) >= 11 is 0. The highest BCUT2D eigenvalue weighted by Gasteiger charge is 2.17. The van der Waals surface area contributed by atoms with E-state index in [9.17, 15) is 0 Å². The van der Waals surface area contributed by atoms with Crippen molar-refractivity contribution in [2.24, 2.45) is 5.73 Å². The standard InChI is InChI=1S/C13H19N3O/c1-16-8-6-12(7-9-16)17-11-4-2-10(3-5-11)13(14)15/h2-5,12H,6-9H2,1H3,(H3,14,15). The molecule has 92 valence electrons. The molecule has 4 nitrogen and oxygen atoms in total. The zero-order valence-electron chi connectivity index (χ0n) is 10.1. The number of rotatable bonds is 3. The molecule has 1 fully saturated rings. The Balaban J connectivity index is 1.92. The first-order valence-electron chi connectivity index (χ1n) is 5.95. The van der Waals surface area contributed by atoms with E-state index in [1.807, 2.05) is 24.3 Å². The molecule has 0 aliphatic carbocycles. The number of nitrogens with one attached hydrogen (secondary N) is 1. The second kappa shape index (κ2) is 5.19. The third kappa shape index (κ3) is 3.20. The van der Waals surface area contributed by atoms with Crippen LogP contribution < -0.4 is 10.5 Å². The molecular weight excluding hydrogens is 214 g/mol. The van der Waals surface area contributed by atoms with Gasteiger partial charge in [0.05, 0.1) is 0 Å². The van der Waals surface area contributed by atoms with Gasteiger partial charge in [-0.1, -0.05) is 0 Å². The van der Waals surface area contributed by atoms with Gasteiger partial charge in [-0.05, 0) is 44.2 Å². The summed E-state index contributed by atoms with van der Waals surface area (Å²) in [5.41, 5.74) is 6.14. The molecule has 0 saturated carbocycles. The van der Waals surface area contributed by atoms with E-state index in [0.717, 1.165) is 37.2 Å². The third-order valence-corrected chi connectivity index (χ3v) is 3.13. The van der Waals surface area contributed by atoms with Crippen LogP contribution in [0.5, 0.6) is 5.75 Å². The van der Waals surface area contributed by atoms with Crippen molar-refractivity contribution < 1.29 is 4.74 Å². The molecule has 1 aliphatic heterocycles. The number of hydrogen-bond donors (Lipinski definition) is 2. The number of ether oxygens (including phenoxy) is 1. The Bertz CT molecular complexity index is 380. The fourth-order valence-corrected chi connectivity index (χ4v) is 2.01. The number of amidine groups is 1. The van der Waals surface area contributed by atoms with Gasteiger partial charge in [0.25, 0.3) is 0 Å². The lowest BCUT2D eigenvalue weighted by Crippen LogP contribution is -2.35. The Morgan fingerprint density at radius 1 is 1.29 bits per heavy atom. The van der Waals surface area contributed by atoms with Crippen LogP contribution >= 0.6 is 0 Å². The molecule has 2 rings (SSSR count). The van der Waals surface area contributed by atoms with Crippen molar-refractivity contribution in [2.45, 2.75) is 18.9 Å². The van der Waals surface area contributed by atoms with Gasteiger partial charge in [0.1, 0.15) is 17.7 Å². The van der Waals surface area contributed by atoms with E-state index in [0.29, 0.717) is 6.10 Å². The number of nitrogens with two attached hydrogens (primary N) is 1. The van der Waals surface area contributed by atoms with Gasteiger partial charge in [-0.15, -0.1) is 0 Å². The van der Waals surface area contributed by atoms with Crippen molar-refractivity contribution in [3.8, 4) is 5.75 Å². The maximum absolute atomic E-state index is 7.31. The molecule has 0 unspecified atom stereocenters. The van der Waals surface area contributed by atoms with Crippen LogP contribution in [0, 0.1) is 5.41 Å². The molecule has 0 radical (unpaired) electrons. The van der Waals surface area contributed by atoms with E-state index < -0.39 is 0 Å². The number of likely N-dealkylation sites (tertiary alicyclic amines) is 1. The predicted molar refractivity (Wildman–Crippen MR) is 68.6 cm³/mol. The summed E-state index contributed by atoms with van der Waals surface area (Å²) in [5.74, 6) is 0.959. The van der Waals surface area contributed by atoms with E-state index in [1.165, 1.54) is 0 Å². The first-order valence-corrected chi connectivity index (χ1v) is 5.95. The summed E-state index contributed by atoms with van der Waals surface area (Å²) in [6, 6.07) is 7.42. The molecule has 3 N–H and O–H groups in total. The van der Waals surface area contributed by atoms with Gasteiger partial charge >= 0.3 is 0 Å². The Morgan fingerprint density at radius 3 is 2.41 bits per heavy atom. The van der Waals surface area contributed by atoms with Gasteiger partial charge in [-0.3, -0.25) is 5.41 Å². The molecule has 1 aromatic carbocycles. The monoisotopic (exact) mass is 233 g/mol. The van der Waals surface area contributed by atoms with Crippen LogP contribution in [0.3, 0.4) is 0 Å². The lowest BCUT2D eigenvalue weighted by Gasteiger charge is -2.29. The van der Waals surface area contributed by atoms with Crippen LogP contribution in [0.4, 0.5) is 0 Å². The lowest BCUT2D eigenvalue weighted by atomic mass is 10.1. The molecule has 1 heterocycles. The SMILES string of the molecule is CN1CCC(Oc2ccc(C(=N)N)cc2)CC1. The Morgan fingerprint density at radius 2 is 1.88 bits per heavy atom. The molecule has 0 bridgehead atoms. The van der Waals surface area contributed by atoms with Crippen molar-refractivity contribution in [1.82, 2.24) is 4.90 Å². The molecule has 1 saturated heterocycles. The zero-order chi connectivity index (χ0) is 12.3. The largest absolute Gasteiger partial charge is 0.490 e.